The summed E-state index contributed by atoms with van der Waals surface area (Å²) in [5.41, 5.74) is -0.253. The van der Waals surface area contributed by atoms with Gasteiger partial charge in [-0.25, -0.2) is 9.78 Å². The first kappa shape index (κ1) is 18.4. The van der Waals surface area contributed by atoms with Gasteiger partial charge in [0.25, 0.3) is 0 Å². The van der Waals surface area contributed by atoms with Gasteiger partial charge in [-0.05, 0) is 49.5 Å². The molecule has 0 bridgehead atoms. The molecule has 0 aliphatic carbocycles. The van der Waals surface area contributed by atoms with Crippen LogP contribution in [0.4, 0.5) is 16.2 Å². The summed E-state index contributed by atoms with van der Waals surface area (Å²) >= 11 is 3.22. The van der Waals surface area contributed by atoms with E-state index in [1.165, 1.54) is 6.20 Å². The molecule has 0 saturated carbocycles. The Hall–Kier alpha value is -1.90. The van der Waals surface area contributed by atoms with E-state index in [9.17, 15) is 14.9 Å². The maximum absolute atomic E-state index is 12.2. The second-order valence-electron chi connectivity index (χ2n) is 6.69. The molecule has 2 heterocycles. The predicted octanol–water partition coefficient (Wildman–Crippen LogP) is 3.56. The molecule has 9 heteroatoms. The lowest BCUT2D eigenvalue weighted by Crippen LogP contribution is -2.47. The number of rotatable bonds is 3. The fourth-order valence-corrected chi connectivity index (χ4v) is 2.82. The molecule has 0 spiro atoms. The number of hydrogen-bond acceptors (Lipinski definition) is 6. The summed E-state index contributed by atoms with van der Waals surface area (Å²) in [7, 11) is 0. The monoisotopic (exact) mass is 400 g/mol. The van der Waals surface area contributed by atoms with Crippen molar-refractivity contribution in [3.8, 4) is 0 Å². The molecule has 0 aromatic carbocycles. The zero-order chi connectivity index (χ0) is 17.9. The third kappa shape index (κ3) is 5.05. The lowest BCUT2D eigenvalue weighted by Gasteiger charge is -2.34. The summed E-state index contributed by atoms with van der Waals surface area (Å²) in [6, 6.07) is 1.49. The Morgan fingerprint density at radius 3 is 2.88 bits per heavy atom. The summed E-state index contributed by atoms with van der Waals surface area (Å²) in [6.07, 6.45) is 2.47. The van der Waals surface area contributed by atoms with Gasteiger partial charge in [0.15, 0.2) is 0 Å². The lowest BCUT2D eigenvalue weighted by molar-refractivity contribution is -0.384. The predicted molar refractivity (Wildman–Crippen MR) is 93.0 cm³/mol. The van der Waals surface area contributed by atoms with E-state index in [1.54, 1.807) is 11.0 Å². The standard InChI is InChI=1S/C15H21BrN4O4/c1-15(2,3)24-14(21)19-6-4-5-10(9-19)18-11-7-13(16)17-8-12(11)20(22)23/h7-8,10H,4-6,9H2,1-3H3,(H,17,18)/t10-/m0/s1. The van der Waals surface area contributed by atoms with Crippen molar-refractivity contribution in [1.82, 2.24) is 9.88 Å². The number of aromatic nitrogens is 1. The molecule has 1 aromatic heterocycles. The van der Waals surface area contributed by atoms with Crippen LogP contribution in [0.15, 0.2) is 16.9 Å². The lowest BCUT2D eigenvalue weighted by atomic mass is 10.1. The largest absolute Gasteiger partial charge is 0.444 e. The zero-order valence-corrected chi connectivity index (χ0v) is 15.5. The second kappa shape index (κ2) is 7.33. The molecule has 8 nitrogen and oxygen atoms in total. The fraction of sp³-hybridized carbons (Fsp3) is 0.600. The molecule has 2 rings (SSSR count). The number of amides is 1. The van der Waals surface area contributed by atoms with Crippen LogP contribution in [0.1, 0.15) is 33.6 Å². The van der Waals surface area contributed by atoms with E-state index in [4.69, 9.17) is 4.74 Å². The van der Waals surface area contributed by atoms with E-state index in [0.717, 1.165) is 12.8 Å². The van der Waals surface area contributed by atoms with Crippen molar-refractivity contribution >= 4 is 33.4 Å². The summed E-state index contributed by atoms with van der Waals surface area (Å²) in [5, 5.41) is 14.3. The Balaban J connectivity index is 2.07. The van der Waals surface area contributed by atoms with Crippen molar-refractivity contribution in [3.63, 3.8) is 0 Å². The molecule has 1 amide bonds. The zero-order valence-electron chi connectivity index (χ0n) is 13.9. The van der Waals surface area contributed by atoms with Gasteiger partial charge in [-0.2, -0.15) is 0 Å². The van der Waals surface area contributed by atoms with E-state index in [-0.39, 0.29) is 17.8 Å². The van der Waals surface area contributed by atoms with Crippen LogP contribution < -0.4 is 5.32 Å². The minimum atomic E-state index is -0.549. The minimum absolute atomic E-state index is 0.0840. The van der Waals surface area contributed by atoms with Crippen LogP contribution in [-0.4, -0.2) is 45.6 Å². The van der Waals surface area contributed by atoms with Crippen molar-refractivity contribution in [3.05, 3.63) is 27.0 Å². The first-order valence-corrected chi connectivity index (χ1v) is 8.49. The molecule has 1 N–H and O–H groups in total. The molecule has 1 aliphatic rings. The maximum atomic E-state index is 12.2. The molecule has 1 aromatic rings. The number of likely N-dealkylation sites (tertiary alicyclic amines) is 1. The Morgan fingerprint density at radius 1 is 1.54 bits per heavy atom. The number of nitro groups is 1. The normalized spacial score (nSPS) is 18.2. The Bertz CT molecular complexity index is 632. The topological polar surface area (TPSA) is 97.6 Å². The van der Waals surface area contributed by atoms with Crippen LogP contribution in [0.2, 0.25) is 0 Å². The summed E-state index contributed by atoms with van der Waals surface area (Å²) in [5.74, 6) is 0. The Kier molecular flexibility index (Phi) is 5.63. The van der Waals surface area contributed by atoms with E-state index in [2.05, 4.69) is 26.2 Å². The smallest absolute Gasteiger partial charge is 0.410 e. The van der Waals surface area contributed by atoms with Gasteiger partial charge in [0, 0.05) is 25.2 Å². The number of nitrogens with one attached hydrogen (secondary N) is 1. The van der Waals surface area contributed by atoms with Gasteiger partial charge >= 0.3 is 11.8 Å². The molecule has 1 atom stereocenters. The van der Waals surface area contributed by atoms with Crippen LogP contribution in [0.25, 0.3) is 0 Å². The van der Waals surface area contributed by atoms with Crippen LogP contribution in [0, 0.1) is 10.1 Å². The number of nitrogens with zero attached hydrogens (tertiary/aromatic N) is 3. The van der Waals surface area contributed by atoms with Crippen LogP contribution >= 0.6 is 15.9 Å². The molecule has 1 fully saturated rings. The Morgan fingerprint density at radius 2 is 2.25 bits per heavy atom. The maximum Gasteiger partial charge on any atom is 0.410 e. The highest BCUT2D eigenvalue weighted by atomic mass is 79.9. The minimum Gasteiger partial charge on any atom is -0.444 e. The van der Waals surface area contributed by atoms with Crippen molar-refractivity contribution in [1.29, 1.82) is 0 Å². The van der Waals surface area contributed by atoms with Gasteiger partial charge in [-0.1, -0.05) is 0 Å². The summed E-state index contributed by atoms with van der Waals surface area (Å²) in [6.45, 7) is 6.52. The molecule has 1 aliphatic heterocycles. The molecule has 0 unspecified atom stereocenters. The number of carbonyl (C=O) groups is 1. The molecule has 132 valence electrons. The van der Waals surface area contributed by atoms with E-state index < -0.39 is 10.5 Å². The second-order valence-corrected chi connectivity index (χ2v) is 7.50. The molecular formula is C15H21BrN4O4. The number of carbonyl (C=O) groups excluding carboxylic acids is 1. The summed E-state index contributed by atoms with van der Waals surface area (Å²) < 4.78 is 5.90. The van der Waals surface area contributed by atoms with Gasteiger partial charge in [-0.3, -0.25) is 10.1 Å². The van der Waals surface area contributed by atoms with Gasteiger partial charge in [-0.15, -0.1) is 0 Å². The number of piperidine rings is 1. The summed E-state index contributed by atoms with van der Waals surface area (Å²) in [4.78, 5) is 28.4. The number of ether oxygens (including phenoxy) is 1. The third-order valence-electron chi connectivity index (χ3n) is 3.48. The van der Waals surface area contributed by atoms with Gasteiger partial charge in [0.1, 0.15) is 22.1 Å². The van der Waals surface area contributed by atoms with Crippen LogP contribution in [-0.2, 0) is 4.74 Å². The van der Waals surface area contributed by atoms with Crippen molar-refractivity contribution < 1.29 is 14.5 Å². The van der Waals surface area contributed by atoms with Gasteiger partial charge < -0.3 is 15.0 Å². The Labute approximate surface area is 148 Å². The average Bonchev–Trinajstić information content (AvgIpc) is 2.45. The first-order chi connectivity index (χ1) is 11.2. The highest BCUT2D eigenvalue weighted by Gasteiger charge is 2.28. The van der Waals surface area contributed by atoms with Crippen LogP contribution in [0.5, 0.6) is 0 Å². The number of hydrogen-bond donors (Lipinski definition) is 1. The van der Waals surface area contributed by atoms with E-state index >= 15 is 0 Å². The van der Waals surface area contributed by atoms with Crippen molar-refractivity contribution in [2.45, 2.75) is 45.3 Å². The van der Waals surface area contributed by atoms with E-state index in [1.807, 2.05) is 20.8 Å². The van der Waals surface area contributed by atoms with Gasteiger partial charge in [0.05, 0.1) is 4.92 Å². The van der Waals surface area contributed by atoms with Crippen LogP contribution in [0.3, 0.4) is 0 Å². The van der Waals surface area contributed by atoms with E-state index in [0.29, 0.717) is 23.4 Å². The van der Waals surface area contributed by atoms with Crippen molar-refractivity contribution in [2.75, 3.05) is 18.4 Å². The number of anilines is 1. The molecular weight excluding hydrogens is 380 g/mol. The highest BCUT2D eigenvalue weighted by Crippen LogP contribution is 2.28. The highest BCUT2D eigenvalue weighted by molar-refractivity contribution is 9.10. The molecule has 0 radical (unpaired) electrons. The fourth-order valence-electron chi connectivity index (χ4n) is 2.49. The number of pyridine rings is 1. The molecule has 1 saturated heterocycles. The third-order valence-corrected chi connectivity index (χ3v) is 3.91. The van der Waals surface area contributed by atoms with Crippen molar-refractivity contribution in [2.24, 2.45) is 0 Å². The average molecular weight is 401 g/mol. The SMILES string of the molecule is CC(C)(C)OC(=O)N1CCC[C@H](Nc2cc(Br)ncc2[N+](=O)[O-])C1. The quantitative estimate of drug-likeness (QED) is 0.473. The van der Waals surface area contributed by atoms with Gasteiger partial charge in [0.2, 0.25) is 0 Å². The first-order valence-electron chi connectivity index (χ1n) is 7.70. The molecule has 24 heavy (non-hydrogen) atoms. The number of halogens is 1.